The third-order valence-corrected chi connectivity index (χ3v) is 6.40. The molecule has 5 atom stereocenters. The smallest absolute Gasteiger partial charge is 0.0110 e. The van der Waals surface area contributed by atoms with Crippen molar-refractivity contribution in [3.8, 4) is 0 Å². The third-order valence-electron chi connectivity index (χ3n) is 6.40. The molecule has 1 aliphatic heterocycles. The normalized spacial score (nSPS) is 41.9. The first kappa shape index (κ1) is 15.8. The van der Waals surface area contributed by atoms with E-state index in [1.165, 1.54) is 83.7 Å². The molecule has 0 bridgehead atoms. The topological polar surface area (TPSA) is 24.1 Å². The van der Waals surface area contributed by atoms with Gasteiger partial charge >= 0.3 is 0 Å². The summed E-state index contributed by atoms with van der Waals surface area (Å²) in [5, 5.41) is 7.84. The van der Waals surface area contributed by atoms with Gasteiger partial charge in [-0.3, -0.25) is 0 Å². The summed E-state index contributed by atoms with van der Waals surface area (Å²) in [6, 6.07) is 1.61. The van der Waals surface area contributed by atoms with E-state index in [-0.39, 0.29) is 0 Å². The molecule has 2 saturated carbocycles. The fourth-order valence-electron chi connectivity index (χ4n) is 5.20. The summed E-state index contributed by atoms with van der Waals surface area (Å²) in [6.07, 6.45) is 15.9. The zero-order chi connectivity index (χ0) is 14.5. The van der Waals surface area contributed by atoms with Crippen molar-refractivity contribution in [3.05, 3.63) is 0 Å². The van der Waals surface area contributed by atoms with Crippen molar-refractivity contribution >= 4 is 0 Å². The molecule has 2 aliphatic carbocycles. The second kappa shape index (κ2) is 7.97. The van der Waals surface area contributed by atoms with E-state index >= 15 is 0 Å². The molecule has 0 aromatic carbocycles. The van der Waals surface area contributed by atoms with Crippen LogP contribution in [-0.2, 0) is 0 Å². The van der Waals surface area contributed by atoms with Gasteiger partial charge in [0.05, 0.1) is 0 Å². The van der Waals surface area contributed by atoms with Crippen molar-refractivity contribution in [2.75, 3.05) is 13.1 Å². The SMILES string of the molecule is CC1CCCC(CNC2CCCCC2C2CCCCN2)C1. The Hall–Kier alpha value is -0.0800. The minimum absolute atomic E-state index is 0.798. The Balaban J connectivity index is 1.49. The van der Waals surface area contributed by atoms with E-state index < -0.39 is 0 Å². The van der Waals surface area contributed by atoms with Crippen molar-refractivity contribution in [1.82, 2.24) is 10.6 Å². The van der Waals surface area contributed by atoms with Crippen LogP contribution in [0.2, 0.25) is 0 Å². The second-order valence-corrected chi connectivity index (χ2v) is 8.16. The Morgan fingerprint density at radius 1 is 0.905 bits per heavy atom. The van der Waals surface area contributed by atoms with E-state index in [2.05, 4.69) is 17.6 Å². The van der Waals surface area contributed by atoms with Crippen LogP contribution in [0.25, 0.3) is 0 Å². The summed E-state index contributed by atoms with van der Waals surface area (Å²) in [5.74, 6) is 2.82. The standard InChI is InChI=1S/C19H36N2/c1-15-7-6-8-16(13-15)14-21-19-10-3-2-9-17(19)18-11-4-5-12-20-18/h15-21H,2-14H2,1H3. The first-order valence-corrected chi connectivity index (χ1v) is 9.79. The zero-order valence-electron chi connectivity index (χ0n) is 14.1. The summed E-state index contributed by atoms with van der Waals surface area (Å²) < 4.78 is 0. The minimum atomic E-state index is 0.798. The van der Waals surface area contributed by atoms with Crippen LogP contribution < -0.4 is 10.6 Å². The molecule has 0 amide bonds. The van der Waals surface area contributed by atoms with Crippen LogP contribution >= 0.6 is 0 Å². The summed E-state index contributed by atoms with van der Waals surface area (Å²) in [4.78, 5) is 0. The van der Waals surface area contributed by atoms with E-state index in [9.17, 15) is 0 Å². The van der Waals surface area contributed by atoms with Gasteiger partial charge in [0.25, 0.3) is 0 Å². The van der Waals surface area contributed by atoms with Crippen LogP contribution in [0.3, 0.4) is 0 Å². The predicted octanol–water partition coefficient (Wildman–Crippen LogP) is 4.10. The molecule has 2 nitrogen and oxygen atoms in total. The molecule has 1 heterocycles. The van der Waals surface area contributed by atoms with E-state index in [0.717, 1.165) is 29.8 Å². The lowest BCUT2D eigenvalue weighted by atomic mass is 9.76. The maximum atomic E-state index is 4.02. The zero-order valence-corrected chi connectivity index (χ0v) is 14.1. The highest BCUT2D eigenvalue weighted by Crippen LogP contribution is 2.32. The molecule has 3 fully saturated rings. The van der Waals surface area contributed by atoms with Gasteiger partial charge in [-0.15, -0.1) is 0 Å². The molecule has 21 heavy (non-hydrogen) atoms. The van der Waals surface area contributed by atoms with Crippen LogP contribution in [0.15, 0.2) is 0 Å². The molecule has 2 heteroatoms. The quantitative estimate of drug-likeness (QED) is 0.815. The van der Waals surface area contributed by atoms with E-state index in [1.54, 1.807) is 0 Å². The van der Waals surface area contributed by atoms with Gasteiger partial charge in [0.15, 0.2) is 0 Å². The number of nitrogens with one attached hydrogen (secondary N) is 2. The van der Waals surface area contributed by atoms with Crippen LogP contribution in [0, 0.1) is 17.8 Å². The molecule has 3 aliphatic rings. The molecule has 0 spiro atoms. The number of rotatable bonds is 4. The highest BCUT2D eigenvalue weighted by atomic mass is 15.0. The molecule has 122 valence electrons. The van der Waals surface area contributed by atoms with Gasteiger partial charge in [0, 0.05) is 12.1 Å². The number of piperidine rings is 1. The highest BCUT2D eigenvalue weighted by molar-refractivity contribution is 4.91. The lowest BCUT2D eigenvalue weighted by Gasteiger charge is -2.41. The molecule has 2 N–H and O–H groups in total. The summed E-state index contributed by atoms with van der Waals surface area (Å²) in [5.41, 5.74) is 0. The van der Waals surface area contributed by atoms with Crippen molar-refractivity contribution in [1.29, 1.82) is 0 Å². The van der Waals surface area contributed by atoms with Crippen LogP contribution in [0.1, 0.15) is 77.6 Å². The highest BCUT2D eigenvalue weighted by Gasteiger charge is 2.32. The molecule has 1 saturated heterocycles. The fraction of sp³-hybridized carbons (Fsp3) is 1.00. The van der Waals surface area contributed by atoms with Crippen LogP contribution in [0.5, 0.6) is 0 Å². The molecular formula is C19H36N2. The summed E-state index contributed by atoms with van der Waals surface area (Å²) in [6.45, 7) is 4.99. The first-order valence-electron chi connectivity index (χ1n) is 9.79. The lowest BCUT2D eigenvalue weighted by molar-refractivity contribution is 0.169. The average molecular weight is 293 g/mol. The number of hydrogen-bond donors (Lipinski definition) is 2. The van der Waals surface area contributed by atoms with E-state index in [0.29, 0.717) is 0 Å². The predicted molar refractivity (Wildman–Crippen MR) is 90.5 cm³/mol. The molecule has 0 aromatic heterocycles. The Bertz CT molecular complexity index is 298. The van der Waals surface area contributed by atoms with Gasteiger partial charge in [-0.25, -0.2) is 0 Å². The summed E-state index contributed by atoms with van der Waals surface area (Å²) >= 11 is 0. The monoisotopic (exact) mass is 292 g/mol. The van der Waals surface area contributed by atoms with E-state index in [4.69, 9.17) is 0 Å². The Kier molecular flexibility index (Phi) is 5.99. The molecule has 0 radical (unpaired) electrons. The molecule has 5 unspecified atom stereocenters. The maximum absolute atomic E-state index is 4.02. The Morgan fingerprint density at radius 2 is 1.76 bits per heavy atom. The van der Waals surface area contributed by atoms with Crippen molar-refractivity contribution in [3.63, 3.8) is 0 Å². The first-order chi connectivity index (χ1) is 10.3. The van der Waals surface area contributed by atoms with Gasteiger partial charge in [-0.1, -0.05) is 39.0 Å². The van der Waals surface area contributed by atoms with Crippen LogP contribution in [-0.4, -0.2) is 25.2 Å². The summed E-state index contributed by atoms with van der Waals surface area (Å²) in [7, 11) is 0. The second-order valence-electron chi connectivity index (χ2n) is 8.16. The Labute approximate surface area is 131 Å². The van der Waals surface area contributed by atoms with Crippen LogP contribution in [0.4, 0.5) is 0 Å². The average Bonchev–Trinajstić information content (AvgIpc) is 2.54. The van der Waals surface area contributed by atoms with Crippen molar-refractivity contribution in [2.45, 2.75) is 89.6 Å². The largest absolute Gasteiger partial charge is 0.314 e. The minimum Gasteiger partial charge on any atom is -0.314 e. The van der Waals surface area contributed by atoms with Gasteiger partial charge in [-0.2, -0.15) is 0 Å². The van der Waals surface area contributed by atoms with Crippen molar-refractivity contribution in [2.24, 2.45) is 17.8 Å². The molecule has 3 rings (SSSR count). The van der Waals surface area contributed by atoms with Gasteiger partial charge < -0.3 is 10.6 Å². The Morgan fingerprint density at radius 3 is 2.57 bits per heavy atom. The molecular weight excluding hydrogens is 256 g/mol. The maximum Gasteiger partial charge on any atom is 0.0110 e. The van der Waals surface area contributed by atoms with Gasteiger partial charge in [-0.05, 0) is 69.4 Å². The van der Waals surface area contributed by atoms with Gasteiger partial charge in [0.1, 0.15) is 0 Å². The lowest BCUT2D eigenvalue weighted by Crippen LogP contribution is -2.51. The third kappa shape index (κ3) is 4.45. The van der Waals surface area contributed by atoms with Crippen molar-refractivity contribution < 1.29 is 0 Å². The van der Waals surface area contributed by atoms with Gasteiger partial charge in [0.2, 0.25) is 0 Å². The van der Waals surface area contributed by atoms with E-state index in [1.807, 2.05) is 0 Å². The molecule has 0 aromatic rings. The fourth-order valence-corrected chi connectivity index (χ4v) is 5.20. The number of hydrogen-bond acceptors (Lipinski definition) is 2.